The molecule has 2 rings (SSSR count). The van der Waals surface area contributed by atoms with Gasteiger partial charge in [0.05, 0.1) is 6.61 Å². The molecule has 0 heterocycles. The lowest BCUT2D eigenvalue weighted by molar-refractivity contribution is 0.282. The second kappa shape index (κ2) is 5.86. The molecule has 0 atom stereocenters. The molecule has 0 fully saturated rings. The molecular weight excluding hydrogens is 341 g/mol. The molecule has 2 nitrogen and oxygen atoms in total. The van der Waals surface area contributed by atoms with Crippen molar-refractivity contribution in [2.75, 3.05) is 0 Å². The third-order valence-electron chi connectivity index (χ3n) is 2.38. The van der Waals surface area contributed by atoms with Crippen molar-refractivity contribution in [3.63, 3.8) is 0 Å². The number of hydrogen-bond acceptors (Lipinski definition) is 2. The Kier molecular flexibility index (Phi) is 4.39. The van der Waals surface area contributed by atoms with E-state index in [0.29, 0.717) is 10.0 Å². The Morgan fingerprint density at radius 2 is 1.95 bits per heavy atom. The minimum absolute atomic E-state index is 0.209. The van der Waals surface area contributed by atoms with Crippen LogP contribution in [-0.2, 0) is 6.61 Å². The highest BCUT2D eigenvalue weighted by molar-refractivity contribution is 9.10. The molecule has 0 amide bonds. The maximum atomic E-state index is 13.5. The van der Waals surface area contributed by atoms with Gasteiger partial charge in [-0.1, -0.05) is 33.6 Å². The molecule has 100 valence electrons. The molecule has 6 heteroatoms. The van der Waals surface area contributed by atoms with Gasteiger partial charge in [0.1, 0.15) is 5.75 Å². The van der Waals surface area contributed by atoms with E-state index in [1.165, 1.54) is 18.2 Å². The van der Waals surface area contributed by atoms with Crippen LogP contribution in [0.3, 0.4) is 0 Å². The summed E-state index contributed by atoms with van der Waals surface area (Å²) in [5.74, 6) is -2.09. The SMILES string of the molecule is OCc1ccc(Oc2cc(Br)cc(F)c2F)cc1Cl. The normalized spacial score (nSPS) is 10.6. The molecule has 0 bridgehead atoms. The van der Waals surface area contributed by atoms with Crippen LogP contribution in [0.25, 0.3) is 0 Å². The van der Waals surface area contributed by atoms with Crippen molar-refractivity contribution in [3.8, 4) is 11.5 Å². The van der Waals surface area contributed by atoms with Gasteiger partial charge in [0, 0.05) is 9.50 Å². The van der Waals surface area contributed by atoms with E-state index in [0.717, 1.165) is 6.07 Å². The summed E-state index contributed by atoms with van der Waals surface area (Å²) in [5, 5.41) is 9.26. The summed E-state index contributed by atoms with van der Waals surface area (Å²) < 4.78 is 32.3. The molecule has 0 aliphatic heterocycles. The molecule has 0 saturated carbocycles. The summed E-state index contributed by atoms with van der Waals surface area (Å²) in [6.07, 6.45) is 0. The molecule has 2 aromatic rings. The summed E-state index contributed by atoms with van der Waals surface area (Å²) in [6.45, 7) is -0.209. The Hall–Kier alpha value is -1.17. The van der Waals surface area contributed by atoms with Crippen LogP contribution in [-0.4, -0.2) is 5.11 Å². The Labute approximate surface area is 121 Å². The smallest absolute Gasteiger partial charge is 0.201 e. The van der Waals surface area contributed by atoms with Gasteiger partial charge in [-0.05, 0) is 29.8 Å². The Balaban J connectivity index is 2.33. The van der Waals surface area contributed by atoms with Gasteiger partial charge >= 0.3 is 0 Å². The van der Waals surface area contributed by atoms with Crippen LogP contribution in [0.15, 0.2) is 34.8 Å². The Morgan fingerprint density at radius 1 is 1.21 bits per heavy atom. The van der Waals surface area contributed by atoms with Crippen molar-refractivity contribution >= 4 is 27.5 Å². The summed E-state index contributed by atoms with van der Waals surface area (Å²) in [5.41, 5.74) is 0.523. The average Bonchev–Trinajstić information content (AvgIpc) is 2.35. The Morgan fingerprint density at radius 3 is 2.58 bits per heavy atom. The van der Waals surface area contributed by atoms with Crippen molar-refractivity contribution in [1.29, 1.82) is 0 Å². The number of benzene rings is 2. The molecule has 19 heavy (non-hydrogen) atoms. The fourth-order valence-electron chi connectivity index (χ4n) is 1.45. The lowest BCUT2D eigenvalue weighted by Gasteiger charge is -2.09. The van der Waals surface area contributed by atoms with Gasteiger partial charge < -0.3 is 9.84 Å². The van der Waals surface area contributed by atoms with Crippen molar-refractivity contribution in [3.05, 3.63) is 57.0 Å². The minimum Gasteiger partial charge on any atom is -0.454 e. The minimum atomic E-state index is -1.08. The highest BCUT2D eigenvalue weighted by Crippen LogP contribution is 2.31. The van der Waals surface area contributed by atoms with Gasteiger partial charge in [0.2, 0.25) is 5.82 Å². The zero-order valence-electron chi connectivity index (χ0n) is 9.46. The first kappa shape index (κ1) is 14.2. The number of aliphatic hydroxyl groups excluding tert-OH is 1. The van der Waals surface area contributed by atoms with Crippen molar-refractivity contribution in [2.24, 2.45) is 0 Å². The molecule has 0 spiro atoms. The summed E-state index contributed by atoms with van der Waals surface area (Å²) in [4.78, 5) is 0. The zero-order chi connectivity index (χ0) is 14.0. The molecular formula is C13H8BrClF2O2. The van der Waals surface area contributed by atoms with Gasteiger partial charge in [-0.25, -0.2) is 4.39 Å². The topological polar surface area (TPSA) is 29.5 Å². The van der Waals surface area contributed by atoms with Crippen LogP contribution in [0.1, 0.15) is 5.56 Å². The molecule has 0 saturated heterocycles. The number of hydrogen-bond donors (Lipinski definition) is 1. The van der Waals surface area contributed by atoms with Gasteiger partial charge in [0.25, 0.3) is 0 Å². The van der Waals surface area contributed by atoms with E-state index in [1.807, 2.05) is 0 Å². The van der Waals surface area contributed by atoms with Crippen LogP contribution >= 0.6 is 27.5 Å². The average molecular weight is 350 g/mol. The molecule has 1 N–H and O–H groups in total. The second-order valence-electron chi connectivity index (χ2n) is 3.71. The predicted octanol–water partition coefficient (Wildman–Crippen LogP) is 4.67. The molecule has 0 aliphatic rings. The third-order valence-corrected chi connectivity index (χ3v) is 3.19. The maximum Gasteiger partial charge on any atom is 0.201 e. The number of halogens is 4. The number of aliphatic hydroxyl groups is 1. The van der Waals surface area contributed by atoms with Crippen molar-refractivity contribution in [2.45, 2.75) is 6.61 Å². The van der Waals surface area contributed by atoms with Crippen molar-refractivity contribution in [1.82, 2.24) is 0 Å². The summed E-state index contributed by atoms with van der Waals surface area (Å²) in [7, 11) is 0. The lowest BCUT2D eigenvalue weighted by Crippen LogP contribution is -1.93. The second-order valence-corrected chi connectivity index (χ2v) is 5.04. The monoisotopic (exact) mass is 348 g/mol. The van der Waals surface area contributed by atoms with Gasteiger partial charge in [0.15, 0.2) is 11.6 Å². The zero-order valence-corrected chi connectivity index (χ0v) is 11.8. The van der Waals surface area contributed by atoms with E-state index < -0.39 is 11.6 Å². The lowest BCUT2D eigenvalue weighted by atomic mass is 10.2. The van der Waals surface area contributed by atoms with Crippen LogP contribution in [0.2, 0.25) is 5.02 Å². The van der Waals surface area contributed by atoms with Crippen LogP contribution in [0, 0.1) is 11.6 Å². The van der Waals surface area contributed by atoms with Gasteiger partial charge in [-0.3, -0.25) is 0 Å². The standard InChI is InChI=1S/C13H8BrClF2O2/c14-8-3-11(16)13(17)12(4-8)19-9-2-1-7(6-18)10(15)5-9/h1-5,18H,6H2. The first-order valence-electron chi connectivity index (χ1n) is 5.23. The number of rotatable bonds is 3. The first-order valence-corrected chi connectivity index (χ1v) is 6.40. The van der Waals surface area contributed by atoms with E-state index in [9.17, 15) is 8.78 Å². The largest absolute Gasteiger partial charge is 0.454 e. The highest BCUT2D eigenvalue weighted by atomic mass is 79.9. The molecule has 0 unspecified atom stereocenters. The summed E-state index contributed by atoms with van der Waals surface area (Å²) in [6, 6.07) is 6.79. The predicted molar refractivity (Wildman–Crippen MR) is 71.5 cm³/mol. The van der Waals surface area contributed by atoms with Gasteiger partial charge in [-0.2, -0.15) is 4.39 Å². The van der Waals surface area contributed by atoms with Crippen LogP contribution in [0.4, 0.5) is 8.78 Å². The van der Waals surface area contributed by atoms with Crippen molar-refractivity contribution < 1.29 is 18.6 Å². The summed E-state index contributed by atoms with van der Waals surface area (Å²) >= 11 is 8.93. The molecule has 0 aliphatic carbocycles. The maximum absolute atomic E-state index is 13.5. The first-order chi connectivity index (χ1) is 9.01. The van der Waals surface area contributed by atoms with E-state index >= 15 is 0 Å². The fourth-order valence-corrected chi connectivity index (χ4v) is 2.09. The van der Waals surface area contributed by atoms with E-state index in [4.69, 9.17) is 21.4 Å². The molecule has 0 aromatic heterocycles. The van der Waals surface area contributed by atoms with E-state index in [-0.39, 0.29) is 23.1 Å². The third kappa shape index (κ3) is 3.23. The Bertz CT molecular complexity index is 620. The van der Waals surface area contributed by atoms with Gasteiger partial charge in [-0.15, -0.1) is 0 Å². The fraction of sp³-hybridized carbons (Fsp3) is 0.0769. The van der Waals surface area contributed by atoms with Crippen LogP contribution in [0.5, 0.6) is 11.5 Å². The molecule has 2 aromatic carbocycles. The van der Waals surface area contributed by atoms with E-state index in [1.54, 1.807) is 6.07 Å². The van der Waals surface area contributed by atoms with E-state index in [2.05, 4.69) is 15.9 Å². The quantitative estimate of drug-likeness (QED) is 0.816. The molecule has 0 radical (unpaired) electrons. The number of ether oxygens (including phenoxy) is 1. The van der Waals surface area contributed by atoms with Crippen LogP contribution < -0.4 is 4.74 Å². The highest BCUT2D eigenvalue weighted by Gasteiger charge is 2.12.